The number of carboxylic acid groups (broad SMARTS) is 2. The Morgan fingerprint density at radius 2 is 2.13 bits per heavy atom. The Hall–Kier alpha value is -1.89. The van der Waals surface area contributed by atoms with Crippen molar-refractivity contribution in [1.29, 1.82) is 0 Å². The van der Waals surface area contributed by atoms with E-state index in [0.29, 0.717) is 0 Å². The van der Waals surface area contributed by atoms with Gasteiger partial charge in [0.2, 0.25) is 0 Å². The quantitative estimate of drug-likeness (QED) is 0.643. The molecule has 1 rings (SSSR count). The predicted molar refractivity (Wildman–Crippen MR) is 49.0 cm³/mol. The maximum Gasteiger partial charge on any atom is 0.320 e. The highest BCUT2D eigenvalue weighted by Gasteiger charge is 2.12. The molecule has 84 valence electrons. The molecule has 4 N–H and O–H groups in total. The van der Waals surface area contributed by atoms with Crippen LogP contribution in [0.2, 0.25) is 0 Å². The summed E-state index contributed by atoms with van der Waals surface area (Å²) in [4.78, 5) is 19.9. The largest absolute Gasteiger partial charge is 0.481 e. The highest BCUT2D eigenvalue weighted by molar-refractivity contribution is 5.74. The molecule has 0 radical (unpaired) electrons. The molecule has 7 heteroatoms. The van der Waals surface area contributed by atoms with Crippen LogP contribution >= 0.6 is 0 Å². The maximum absolute atomic E-state index is 9.99. The lowest BCUT2D eigenvalue weighted by Gasteiger charge is -2.01. The van der Waals surface area contributed by atoms with E-state index >= 15 is 0 Å². The Labute approximate surface area is 85.5 Å². The summed E-state index contributed by atoms with van der Waals surface area (Å²) in [7, 11) is 0. The Bertz CT molecular complexity index is 268. The van der Waals surface area contributed by atoms with Crippen molar-refractivity contribution >= 4 is 11.9 Å². The number of hydrogen-bond donors (Lipinski definition) is 3. The molecule has 0 aliphatic carbocycles. The van der Waals surface area contributed by atoms with Gasteiger partial charge in [-0.15, -0.1) is 0 Å². The summed E-state index contributed by atoms with van der Waals surface area (Å²) in [5, 5.41) is 19.6. The van der Waals surface area contributed by atoms with E-state index in [4.69, 9.17) is 15.9 Å². The lowest BCUT2D eigenvalue weighted by atomic mass is 10.2. The molecule has 0 saturated carbocycles. The van der Waals surface area contributed by atoms with Crippen molar-refractivity contribution in [3.05, 3.63) is 18.5 Å². The molecule has 1 heterocycles. The van der Waals surface area contributed by atoms with Crippen LogP contribution in [0.3, 0.4) is 0 Å². The van der Waals surface area contributed by atoms with Gasteiger partial charge in [-0.05, 0) is 12.5 Å². The normalized spacial score (nSPS) is 11.0. The summed E-state index contributed by atoms with van der Waals surface area (Å²) in [5.74, 6) is -2.20. The molecule has 1 aromatic heterocycles. The zero-order valence-corrected chi connectivity index (χ0v) is 7.87. The van der Waals surface area contributed by atoms with Crippen LogP contribution in [0.1, 0.15) is 12.8 Å². The first kappa shape index (κ1) is 13.1. The van der Waals surface area contributed by atoms with Gasteiger partial charge in [-0.2, -0.15) is 0 Å². The molecule has 1 atom stereocenters. The number of aliphatic carboxylic acids is 2. The number of carbonyl (C=O) groups is 2. The van der Waals surface area contributed by atoms with Crippen LogP contribution in [0.25, 0.3) is 0 Å². The van der Waals surface area contributed by atoms with Crippen LogP contribution in [-0.4, -0.2) is 33.4 Å². The zero-order valence-electron chi connectivity index (χ0n) is 7.87. The van der Waals surface area contributed by atoms with E-state index in [1.54, 1.807) is 12.3 Å². The molecule has 15 heavy (non-hydrogen) atoms. The van der Waals surface area contributed by atoms with E-state index in [9.17, 15) is 9.59 Å². The van der Waals surface area contributed by atoms with Crippen molar-refractivity contribution in [2.75, 3.05) is 0 Å². The number of nitrogens with two attached hydrogens (primary N) is 1. The van der Waals surface area contributed by atoms with Gasteiger partial charge in [0, 0.05) is 6.42 Å². The van der Waals surface area contributed by atoms with Gasteiger partial charge in [-0.25, -0.2) is 0 Å². The van der Waals surface area contributed by atoms with Crippen LogP contribution in [0.15, 0.2) is 23.0 Å². The first-order chi connectivity index (χ1) is 7.04. The van der Waals surface area contributed by atoms with Crippen molar-refractivity contribution in [3.8, 4) is 0 Å². The molecule has 0 bridgehead atoms. The van der Waals surface area contributed by atoms with E-state index in [0.717, 1.165) is 0 Å². The third-order valence-corrected chi connectivity index (χ3v) is 1.33. The van der Waals surface area contributed by atoms with E-state index in [2.05, 4.69) is 9.68 Å². The molecule has 0 aliphatic rings. The summed E-state index contributed by atoms with van der Waals surface area (Å²) < 4.78 is 4.33. The highest BCUT2D eigenvalue weighted by atomic mass is 16.5. The monoisotopic (exact) mass is 216 g/mol. The van der Waals surface area contributed by atoms with Gasteiger partial charge in [0.25, 0.3) is 0 Å². The highest BCUT2D eigenvalue weighted by Crippen LogP contribution is 1.93. The lowest BCUT2D eigenvalue weighted by molar-refractivity contribution is -0.139. The average molecular weight is 216 g/mol. The number of nitrogens with zero attached hydrogens (tertiary/aromatic N) is 1. The Balaban J connectivity index is 0.000000322. The topological polar surface area (TPSA) is 127 Å². The van der Waals surface area contributed by atoms with Gasteiger partial charge in [0.15, 0.2) is 0 Å². The number of aromatic nitrogens is 1. The summed E-state index contributed by atoms with van der Waals surface area (Å²) in [6.45, 7) is 0. The molecule has 0 fully saturated rings. The second-order valence-electron chi connectivity index (χ2n) is 2.57. The fourth-order valence-corrected chi connectivity index (χ4v) is 0.578. The first-order valence-corrected chi connectivity index (χ1v) is 4.08. The SMILES string of the molecule is NC(CCC(=O)O)C(=O)O.c1cnoc1. The first-order valence-electron chi connectivity index (χ1n) is 4.08. The zero-order chi connectivity index (χ0) is 11.7. The van der Waals surface area contributed by atoms with Crippen molar-refractivity contribution < 1.29 is 24.3 Å². The van der Waals surface area contributed by atoms with E-state index < -0.39 is 18.0 Å². The summed E-state index contributed by atoms with van der Waals surface area (Å²) in [5.41, 5.74) is 5.00. The minimum Gasteiger partial charge on any atom is -0.481 e. The molecule has 0 spiro atoms. The van der Waals surface area contributed by atoms with E-state index in [1.807, 2.05) is 0 Å². The minimum absolute atomic E-state index is 0.0231. The van der Waals surface area contributed by atoms with Crippen LogP contribution in [0, 0.1) is 0 Å². The average Bonchev–Trinajstić information content (AvgIpc) is 2.71. The van der Waals surface area contributed by atoms with Gasteiger partial charge in [0.1, 0.15) is 12.3 Å². The van der Waals surface area contributed by atoms with Crippen LogP contribution in [-0.2, 0) is 9.59 Å². The second kappa shape index (κ2) is 7.51. The third kappa shape index (κ3) is 8.44. The number of hydrogen-bond acceptors (Lipinski definition) is 5. The molecule has 1 aromatic rings. The van der Waals surface area contributed by atoms with Crippen LogP contribution in [0.5, 0.6) is 0 Å². The molecule has 0 aromatic carbocycles. The smallest absolute Gasteiger partial charge is 0.320 e. The summed E-state index contributed by atoms with van der Waals surface area (Å²) in [6, 6.07) is 0.663. The molecule has 0 saturated heterocycles. The molecular formula is C8H12N2O5. The van der Waals surface area contributed by atoms with Crippen molar-refractivity contribution in [1.82, 2.24) is 5.16 Å². The standard InChI is InChI=1S/C5H9NO4.C3H3NO/c6-3(5(9)10)1-2-4(7)8;1-2-4-5-3-1/h3H,1-2,6H2,(H,7,8)(H,9,10);1-3H. The second-order valence-corrected chi connectivity index (χ2v) is 2.57. The Morgan fingerprint density at radius 3 is 2.40 bits per heavy atom. The maximum atomic E-state index is 9.99. The molecular weight excluding hydrogens is 204 g/mol. The fourth-order valence-electron chi connectivity index (χ4n) is 0.578. The molecule has 7 nitrogen and oxygen atoms in total. The lowest BCUT2D eigenvalue weighted by Crippen LogP contribution is -2.30. The summed E-state index contributed by atoms with van der Waals surface area (Å²) in [6.07, 6.45) is 2.87. The predicted octanol–water partition coefficient (Wildman–Crippen LogP) is -0.0623. The third-order valence-electron chi connectivity index (χ3n) is 1.33. The minimum atomic E-state index is -1.17. The van der Waals surface area contributed by atoms with Gasteiger partial charge in [0.05, 0.1) is 6.20 Å². The van der Waals surface area contributed by atoms with Gasteiger partial charge >= 0.3 is 11.9 Å². The van der Waals surface area contributed by atoms with E-state index in [1.165, 1.54) is 6.26 Å². The Morgan fingerprint density at radius 1 is 1.47 bits per heavy atom. The van der Waals surface area contributed by atoms with Gasteiger partial charge in [-0.1, -0.05) is 5.16 Å². The van der Waals surface area contributed by atoms with E-state index in [-0.39, 0.29) is 12.8 Å². The summed E-state index contributed by atoms with van der Waals surface area (Å²) >= 11 is 0. The van der Waals surface area contributed by atoms with Crippen molar-refractivity contribution in [2.45, 2.75) is 18.9 Å². The molecule has 0 amide bonds. The number of rotatable bonds is 4. The van der Waals surface area contributed by atoms with Crippen molar-refractivity contribution in [2.24, 2.45) is 5.73 Å². The Kier molecular flexibility index (Phi) is 6.56. The molecule has 1 unspecified atom stereocenters. The van der Waals surface area contributed by atoms with Gasteiger partial charge in [-0.3, -0.25) is 9.59 Å². The number of carboxylic acids is 2. The molecule has 0 aliphatic heterocycles. The fraction of sp³-hybridized carbons (Fsp3) is 0.375. The van der Waals surface area contributed by atoms with Crippen LogP contribution in [0.4, 0.5) is 0 Å². The van der Waals surface area contributed by atoms with Gasteiger partial charge < -0.3 is 20.5 Å². The van der Waals surface area contributed by atoms with Crippen molar-refractivity contribution in [3.63, 3.8) is 0 Å². The van der Waals surface area contributed by atoms with Crippen LogP contribution < -0.4 is 5.73 Å².